The maximum atomic E-state index is 12.1. The second-order valence-corrected chi connectivity index (χ2v) is 4.60. The van der Waals surface area contributed by atoms with E-state index in [2.05, 4.69) is 4.74 Å². The highest BCUT2D eigenvalue weighted by Crippen LogP contribution is 2.31. The van der Waals surface area contributed by atoms with Crippen LogP contribution in [-0.4, -0.2) is 16.4 Å². The van der Waals surface area contributed by atoms with Crippen molar-refractivity contribution in [2.75, 3.05) is 0 Å². The van der Waals surface area contributed by atoms with E-state index in [0.717, 1.165) is 24.3 Å². The van der Waals surface area contributed by atoms with Crippen molar-refractivity contribution in [3.63, 3.8) is 0 Å². The van der Waals surface area contributed by atoms with Gasteiger partial charge in [0.1, 0.15) is 5.75 Å². The number of nitro groups is 1. The second kappa shape index (κ2) is 7.37. The molecule has 3 N–H and O–H groups in total. The number of rotatable bonds is 4. The van der Waals surface area contributed by atoms with E-state index in [1.807, 2.05) is 0 Å². The molecule has 10 heteroatoms. The van der Waals surface area contributed by atoms with E-state index in [1.165, 1.54) is 18.2 Å². The Kier molecular flexibility index (Phi) is 5.99. The van der Waals surface area contributed by atoms with E-state index in [9.17, 15) is 28.4 Å². The summed E-state index contributed by atoms with van der Waals surface area (Å²) in [6.45, 7) is 0. The van der Waals surface area contributed by atoms with E-state index in [0.29, 0.717) is 11.1 Å². The number of aromatic hydroxyl groups is 1. The Morgan fingerprint density at radius 2 is 1.67 bits per heavy atom. The van der Waals surface area contributed by atoms with Gasteiger partial charge in [-0.25, -0.2) is 0 Å². The van der Waals surface area contributed by atoms with Crippen molar-refractivity contribution in [1.29, 1.82) is 0 Å². The lowest BCUT2D eigenvalue weighted by Gasteiger charge is -2.14. The number of nitrogens with zero attached hydrogens (tertiary/aromatic N) is 1. The van der Waals surface area contributed by atoms with Crippen molar-refractivity contribution in [1.82, 2.24) is 0 Å². The Labute approximate surface area is 140 Å². The fraction of sp³-hybridized carbons (Fsp3) is 0.143. The normalized spacial score (nSPS) is 12.2. The van der Waals surface area contributed by atoms with Crippen LogP contribution in [0.25, 0.3) is 0 Å². The van der Waals surface area contributed by atoms with Gasteiger partial charge in [0.15, 0.2) is 5.75 Å². The molecule has 0 saturated carbocycles. The predicted octanol–water partition coefficient (Wildman–Crippen LogP) is 3.67. The van der Waals surface area contributed by atoms with Crippen LogP contribution in [0.2, 0.25) is 0 Å². The zero-order valence-corrected chi connectivity index (χ0v) is 12.7. The first-order valence-corrected chi connectivity index (χ1v) is 6.26. The van der Waals surface area contributed by atoms with Gasteiger partial charge in [0.05, 0.1) is 11.0 Å². The maximum Gasteiger partial charge on any atom is 0.573 e. The quantitative estimate of drug-likeness (QED) is 0.637. The van der Waals surface area contributed by atoms with E-state index < -0.39 is 34.5 Å². The van der Waals surface area contributed by atoms with Gasteiger partial charge in [-0.05, 0) is 29.3 Å². The number of ether oxygens (including phenoxy) is 1. The van der Waals surface area contributed by atoms with Crippen molar-refractivity contribution in [3.05, 3.63) is 63.7 Å². The van der Waals surface area contributed by atoms with Crippen LogP contribution in [0.3, 0.4) is 0 Å². The SMILES string of the molecule is Cl.N[C@H](c1ccc(OC(F)(F)F)cc1)c1ccc(O)c([N+](=O)[O-])c1. The molecule has 0 bridgehead atoms. The molecule has 24 heavy (non-hydrogen) atoms. The number of phenols is 1. The van der Waals surface area contributed by atoms with Crippen molar-refractivity contribution in [2.24, 2.45) is 5.73 Å². The summed E-state index contributed by atoms with van der Waals surface area (Å²) in [5, 5.41) is 20.2. The van der Waals surface area contributed by atoms with E-state index >= 15 is 0 Å². The summed E-state index contributed by atoms with van der Waals surface area (Å²) in [7, 11) is 0. The Bertz CT molecular complexity index is 723. The third-order valence-corrected chi connectivity index (χ3v) is 3.03. The first kappa shape index (κ1) is 19.5. The van der Waals surface area contributed by atoms with E-state index in [4.69, 9.17) is 5.73 Å². The highest BCUT2D eigenvalue weighted by molar-refractivity contribution is 5.85. The summed E-state index contributed by atoms with van der Waals surface area (Å²) in [4.78, 5) is 10.0. The van der Waals surface area contributed by atoms with E-state index in [1.54, 1.807) is 0 Å². The third-order valence-electron chi connectivity index (χ3n) is 3.03. The molecule has 6 nitrogen and oxygen atoms in total. The predicted molar refractivity (Wildman–Crippen MR) is 81.2 cm³/mol. The standard InChI is InChI=1S/C14H11F3N2O4.ClH/c15-14(16,17)23-10-4-1-8(2-5-10)13(18)9-3-6-12(20)11(7-9)19(21)22;/h1-7,13,20H,18H2;1H/t13-;/m1./s1. The third kappa shape index (κ3) is 4.74. The van der Waals surface area contributed by atoms with Crippen molar-refractivity contribution in [2.45, 2.75) is 12.4 Å². The summed E-state index contributed by atoms with van der Waals surface area (Å²) in [6, 6.07) is 7.67. The molecule has 0 aliphatic rings. The van der Waals surface area contributed by atoms with Gasteiger partial charge in [-0.1, -0.05) is 18.2 Å². The average Bonchev–Trinajstić information content (AvgIpc) is 2.46. The van der Waals surface area contributed by atoms with Crippen LogP contribution in [0.1, 0.15) is 17.2 Å². The lowest BCUT2D eigenvalue weighted by atomic mass is 9.99. The van der Waals surface area contributed by atoms with Crippen LogP contribution in [0.15, 0.2) is 42.5 Å². The molecule has 2 aromatic rings. The monoisotopic (exact) mass is 364 g/mol. The van der Waals surface area contributed by atoms with Crippen LogP contribution in [0.4, 0.5) is 18.9 Å². The van der Waals surface area contributed by atoms with Gasteiger partial charge < -0.3 is 15.6 Å². The van der Waals surface area contributed by atoms with E-state index in [-0.39, 0.29) is 12.4 Å². The van der Waals surface area contributed by atoms with Gasteiger partial charge in [-0.2, -0.15) is 0 Å². The zero-order chi connectivity index (χ0) is 17.2. The molecule has 0 heterocycles. The smallest absolute Gasteiger partial charge is 0.502 e. The molecule has 0 unspecified atom stereocenters. The summed E-state index contributed by atoms with van der Waals surface area (Å²) in [5.41, 5.74) is 6.20. The molecule has 0 fully saturated rings. The van der Waals surface area contributed by atoms with Crippen LogP contribution in [0, 0.1) is 10.1 Å². The molecule has 0 spiro atoms. The minimum atomic E-state index is -4.79. The van der Waals surface area contributed by atoms with Crippen molar-refractivity contribution < 1.29 is 27.9 Å². The molecule has 0 amide bonds. The maximum absolute atomic E-state index is 12.1. The first-order valence-electron chi connectivity index (χ1n) is 6.26. The number of halogens is 4. The molecule has 130 valence electrons. The molecule has 0 aromatic heterocycles. The number of benzene rings is 2. The summed E-state index contributed by atoms with van der Waals surface area (Å²) in [5.74, 6) is -0.898. The van der Waals surface area contributed by atoms with Gasteiger partial charge in [0.25, 0.3) is 0 Å². The highest BCUT2D eigenvalue weighted by atomic mass is 35.5. The summed E-state index contributed by atoms with van der Waals surface area (Å²) < 4.78 is 40.0. The number of phenolic OH excluding ortho intramolecular Hbond substituents is 1. The van der Waals surface area contributed by atoms with Gasteiger partial charge in [0, 0.05) is 6.07 Å². The van der Waals surface area contributed by atoms with Gasteiger partial charge in [-0.15, -0.1) is 25.6 Å². The molecule has 0 saturated heterocycles. The fourth-order valence-electron chi connectivity index (χ4n) is 1.95. The fourth-order valence-corrected chi connectivity index (χ4v) is 1.95. The van der Waals surface area contributed by atoms with Crippen LogP contribution < -0.4 is 10.5 Å². The largest absolute Gasteiger partial charge is 0.573 e. The topological polar surface area (TPSA) is 98.6 Å². The Morgan fingerprint density at radius 1 is 1.12 bits per heavy atom. The van der Waals surface area contributed by atoms with Crippen LogP contribution in [-0.2, 0) is 0 Å². The van der Waals surface area contributed by atoms with Crippen LogP contribution >= 0.6 is 12.4 Å². The minimum Gasteiger partial charge on any atom is -0.502 e. The molecular weight excluding hydrogens is 353 g/mol. The number of alkyl halides is 3. The summed E-state index contributed by atoms with van der Waals surface area (Å²) in [6.07, 6.45) is -4.79. The lowest BCUT2D eigenvalue weighted by molar-refractivity contribution is -0.385. The van der Waals surface area contributed by atoms with Crippen molar-refractivity contribution >= 4 is 18.1 Å². The van der Waals surface area contributed by atoms with Crippen LogP contribution in [0.5, 0.6) is 11.5 Å². The molecule has 0 aliphatic heterocycles. The Hall–Kier alpha value is -2.52. The number of nitrogens with two attached hydrogens (primary N) is 1. The average molecular weight is 365 g/mol. The minimum absolute atomic E-state index is 0. The number of nitro benzene ring substituents is 1. The molecule has 1 atom stereocenters. The number of hydrogen-bond donors (Lipinski definition) is 2. The zero-order valence-electron chi connectivity index (χ0n) is 11.9. The number of hydrogen-bond acceptors (Lipinski definition) is 5. The molecule has 0 radical (unpaired) electrons. The Morgan fingerprint density at radius 3 is 2.17 bits per heavy atom. The van der Waals surface area contributed by atoms with Gasteiger partial charge >= 0.3 is 12.0 Å². The summed E-state index contributed by atoms with van der Waals surface area (Å²) >= 11 is 0. The van der Waals surface area contributed by atoms with Crippen molar-refractivity contribution in [3.8, 4) is 11.5 Å². The molecular formula is C14H12ClF3N2O4. The molecule has 2 aromatic carbocycles. The van der Waals surface area contributed by atoms with Gasteiger partial charge in [-0.3, -0.25) is 10.1 Å². The second-order valence-electron chi connectivity index (χ2n) is 4.60. The first-order chi connectivity index (χ1) is 10.7. The molecule has 2 rings (SSSR count). The lowest BCUT2D eigenvalue weighted by Crippen LogP contribution is -2.17. The Balaban J connectivity index is 0.00000288. The highest BCUT2D eigenvalue weighted by Gasteiger charge is 2.31. The molecule has 0 aliphatic carbocycles. The van der Waals surface area contributed by atoms with Gasteiger partial charge in [0.2, 0.25) is 0 Å².